The lowest BCUT2D eigenvalue weighted by Gasteiger charge is -2.02. The molecule has 1 N–H and O–H groups in total. The Morgan fingerprint density at radius 3 is 2.27 bits per heavy atom. The first-order valence-electron chi connectivity index (χ1n) is 8.92. The molecule has 0 aromatic heterocycles. The van der Waals surface area contributed by atoms with Crippen LogP contribution in [-0.2, 0) is 6.42 Å². The fourth-order valence-electron chi connectivity index (χ4n) is 2.51. The lowest BCUT2D eigenvalue weighted by atomic mass is 10.0. The van der Waals surface area contributed by atoms with Crippen molar-refractivity contribution in [2.45, 2.75) is 71.1 Å². The van der Waals surface area contributed by atoms with Gasteiger partial charge in [-0.25, -0.2) is 0 Å². The number of phenols is 1. The number of benzene rings is 1. The standard InChI is InChI=1S/C21H32O/c1-2-3-4-5-6-7-8-9-10-11-12-13-14-16-20-17-15-18-21(22)19-20/h5-8,15,17-19,22H,2-4,9-14,16H2,1H3/b6-5+,8-7+. The van der Waals surface area contributed by atoms with Crippen molar-refractivity contribution in [3.8, 4) is 5.75 Å². The number of aryl methyl sites for hydroxylation is 1. The highest BCUT2D eigenvalue weighted by atomic mass is 16.3. The van der Waals surface area contributed by atoms with Crippen molar-refractivity contribution in [2.75, 3.05) is 0 Å². The van der Waals surface area contributed by atoms with E-state index in [0.717, 1.165) is 6.42 Å². The average molecular weight is 300 g/mol. The number of aromatic hydroxyl groups is 1. The summed E-state index contributed by atoms with van der Waals surface area (Å²) in [6.07, 6.45) is 21.4. The predicted molar refractivity (Wildman–Crippen MR) is 97.3 cm³/mol. The second-order valence-corrected chi connectivity index (χ2v) is 5.97. The number of unbranched alkanes of at least 4 members (excludes halogenated alkanes) is 7. The van der Waals surface area contributed by atoms with Gasteiger partial charge in [0.25, 0.3) is 0 Å². The van der Waals surface area contributed by atoms with Gasteiger partial charge in [0.05, 0.1) is 0 Å². The van der Waals surface area contributed by atoms with Crippen LogP contribution in [0.2, 0.25) is 0 Å². The number of rotatable bonds is 12. The van der Waals surface area contributed by atoms with E-state index in [-0.39, 0.29) is 0 Å². The van der Waals surface area contributed by atoms with E-state index in [0.29, 0.717) is 5.75 Å². The highest BCUT2D eigenvalue weighted by Crippen LogP contribution is 2.14. The van der Waals surface area contributed by atoms with Crippen LogP contribution >= 0.6 is 0 Å². The maximum atomic E-state index is 9.41. The second kappa shape index (κ2) is 13.2. The topological polar surface area (TPSA) is 20.2 Å². The van der Waals surface area contributed by atoms with E-state index in [1.807, 2.05) is 12.1 Å². The van der Waals surface area contributed by atoms with Gasteiger partial charge in [0, 0.05) is 0 Å². The first-order chi connectivity index (χ1) is 10.8. The van der Waals surface area contributed by atoms with Crippen molar-refractivity contribution in [1.29, 1.82) is 0 Å². The Labute approximate surface area is 136 Å². The number of hydrogen-bond donors (Lipinski definition) is 1. The zero-order valence-corrected chi connectivity index (χ0v) is 14.1. The Morgan fingerprint density at radius 2 is 1.55 bits per heavy atom. The Balaban J connectivity index is 1.91. The number of phenolic OH excluding ortho intramolecular Hbond substituents is 1. The average Bonchev–Trinajstić information content (AvgIpc) is 2.52. The first-order valence-corrected chi connectivity index (χ1v) is 8.92. The zero-order chi connectivity index (χ0) is 15.9. The van der Waals surface area contributed by atoms with Crippen LogP contribution in [0.4, 0.5) is 0 Å². The molecule has 0 atom stereocenters. The molecule has 1 aromatic rings. The molecule has 0 unspecified atom stereocenters. The van der Waals surface area contributed by atoms with E-state index in [2.05, 4.69) is 37.3 Å². The summed E-state index contributed by atoms with van der Waals surface area (Å²) in [6, 6.07) is 7.63. The van der Waals surface area contributed by atoms with Gasteiger partial charge in [-0.15, -0.1) is 0 Å². The van der Waals surface area contributed by atoms with Crippen LogP contribution in [0.3, 0.4) is 0 Å². The summed E-state index contributed by atoms with van der Waals surface area (Å²) in [4.78, 5) is 0. The van der Waals surface area contributed by atoms with Crippen molar-refractivity contribution < 1.29 is 5.11 Å². The van der Waals surface area contributed by atoms with E-state index < -0.39 is 0 Å². The third kappa shape index (κ3) is 10.3. The van der Waals surface area contributed by atoms with Crippen molar-refractivity contribution in [3.05, 3.63) is 54.1 Å². The van der Waals surface area contributed by atoms with Gasteiger partial charge in [0.2, 0.25) is 0 Å². The minimum absolute atomic E-state index is 0.382. The Hall–Kier alpha value is -1.50. The van der Waals surface area contributed by atoms with Crippen molar-refractivity contribution in [3.63, 3.8) is 0 Å². The first kappa shape index (κ1) is 18.5. The molecule has 1 rings (SSSR count). The van der Waals surface area contributed by atoms with Gasteiger partial charge < -0.3 is 5.11 Å². The molecule has 0 fully saturated rings. The van der Waals surface area contributed by atoms with E-state index in [1.165, 1.54) is 63.4 Å². The van der Waals surface area contributed by atoms with Gasteiger partial charge in [0.15, 0.2) is 0 Å². The van der Waals surface area contributed by atoms with Gasteiger partial charge in [0.1, 0.15) is 5.75 Å². The lowest BCUT2D eigenvalue weighted by molar-refractivity contribution is 0.474. The molecule has 0 saturated heterocycles. The summed E-state index contributed by atoms with van der Waals surface area (Å²) in [5, 5.41) is 9.41. The van der Waals surface area contributed by atoms with E-state index >= 15 is 0 Å². The quantitative estimate of drug-likeness (QED) is 0.341. The van der Waals surface area contributed by atoms with E-state index in [1.54, 1.807) is 6.07 Å². The molecule has 22 heavy (non-hydrogen) atoms. The molecular weight excluding hydrogens is 268 g/mol. The molecule has 1 heteroatoms. The normalized spacial score (nSPS) is 11.7. The zero-order valence-electron chi connectivity index (χ0n) is 14.1. The smallest absolute Gasteiger partial charge is 0.115 e. The minimum Gasteiger partial charge on any atom is -0.508 e. The third-order valence-electron chi connectivity index (χ3n) is 3.85. The number of hydrogen-bond acceptors (Lipinski definition) is 1. The number of allylic oxidation sites excluding steroid dienone is 4. The molecule has 0 bridgehead atoms. The molecular formula is C21H32O. The maximum Gasteiger partial charge on any atom is 0.115 e. The molecule has 122 valence electrons. The van der Waals surface area contributed by atoms with Gasteiger partial charge in [-0.3, -0.25) is 0 Å². The van der Waals surface area contributed by atoms with Gasteiger partial charge >= 0.3 is 0 Å². The predicted octanol–water partition coefficient (Wildman–Crippen LogP) is 6.58. The SMILES string of the molecule is CCCC/C=C/C=C/CCCCCCCc1cccc(O)c1. The summed E-state index contributed by atoms with van der Waals surface area (Å²) in [6.45, 7) is 2.23. The molecule has 0 aliphatic heterocycles. The van der Waals surface area contributed by atoms with Crippen LogP contribution in [0.25, 0.3) is 0 Å². The summed E-state index contributed by atoms with van der Waals surface area (Å²) >= 11 is 0. The molecule has 0 aliphatic carbocycles. The lowest BCUT2D eigenvalue weighted by Crippen LogP contribution is -1.86. The van der Waals surface area contributed by atoms with Gasteiger partial charge in [-0.1, -0.05) is 75.5 Å². The second-order valence-electron chi connectivity index (χ2n) is 5.97. The summed E-state index contributed by atoms with van der Waals surface area (Å²) in [5.74, 6) is 0.382. The van der Waals surface area contributed by atoms with Crippen LogP contribution in [0.15, 0.2) is 48.6 Å². The summed E-state index contributed by atoms with van der Waals surface area (Å²) < 4.78 is 0. The third-order valence-corrected chi connectivity index (χ3v) is 3.85. The van der Waals surface area contributed by atoms with Crippen LogP contribution < -0.4 is 0 Å². The van der Waals surface area contributed by atoms with E-state index in [9.17, 15) is 5.11 Å². The Kier molecular flexibility index (Phi) is 11.1. The Bertz CT molecular complexity index is 431. The summed E-state index contributed by atoms with van der Waals surface area (Å²) in [5.41, 5.74) is 1.25. The largest absolute Gasteiger partial charge is 0.508 e. The van der Waals surface area contributed by atoms with Crippen LogP contribution in [-0.4, -0.2) is 5.11 Å². The van der Waals surface area contributed by atoms with Crippen LogP contribution in [0, 0.1) is 0 Å². The van der Waals surface area contributed by atoms with Crippen molar-refractivity contribution >= 4 is 0 Å². The fourth-order valence-corrected chi connectivity index (χ4v) is 2.51. The molecule has 1 nitrogen and oxygen atoms in total. The molecule has 0 spiro atoms. The highest BCUT2D eigenvalue weighted by molar-refractivity contribution is 5.27. The van der Waals surface area contributed by atoms with Crippen molar-refractivity contribution in [1.82, 2.24) is 0 Å². The minimum atomic E-state index is 0.382. The molecule has 0 amide bonds. The molecule has 0 aliphatic rings. The van der Waals surface area contributed by atoms with Crippen LogP contribution in [0.1, 0.15) is 70.3 Å². The molecule has 1 aromatic carbocycles. The molecule has 0 saturated carbocycles. The maximum absolute atomic E-state index is 9.41. The Morgan fingerprint density at radius 1 is 0.864 bits per heavy atom. The van der Waals surface area contributed by atoms with Crippen LogP contribution in [0.5, 0.6) is 5.75 Å². The van der Waals surface area contributed by atoms with Gasteiger partial charge in [-0.05, 0) is 49.8 Å². The van der Waals surface area contributed by atoms with Gasteiger partial charge in [-0.2, -0.15) is 0 Å². The molecule has 0 radical (unpaired) electrons. The van der Waals surface area contributed by atoms with Crippen molar-refractivity contribution in [2.24, 2.45) is 0 Å². The molecule has 0 heterocycles. The summed E-state index contributed by atoms with van der Waals surface area (Å²) in [7, 11) is 0. The fraction of sp³-hybridized carbons (Fsp3) is 0.524. The monoisotopic (exact) mass is 300 g/mol. The van der Waals surface area contributed by atoms with E-state index in [4.69, 9.17) is 0 Å². The highest BCUT2D eigenvalue weighted by Gasteiger charge is 1.95.